The van der Waals surface area contributed by atoms with E-state index >= 15 is 0 Å². The standard InChI is InChI=1S/C39H45F4N3O5/c1-21(2)10-34(46-18-25(32(16-35(46)47)39(41,42)43)8-9-45-19-29-15-28(45)20-51-29)38(50)44-33(17-36(48)49)26-13-24-6-5-7-30(24)31(14-26)37-22(3)11-27(40)12-23(37)4/h11-14,16,18,21,28-29,33-34H,5-10,15,17,19-20H2,1-4H3,(H,44,50)(H,48,49)/t28-,29-,33-,34+/m1/s1. The van der Waals surface area contributed by atoms with Crippen LogP contribution in [-0.4, -0.2) is 58.3 Å². The van der Waals surface area contributed by atoms with E-state index in [0.29, 0.717) is 31.3 Å². The third-order valence-corrected chi connectivity index (χ3v) is 10.6. The van der Waals surface area contributed by atoms with Crippen LogP contribution in [0.5, 0.6) is 0 Å². The smallest absolute Gasteiger partial charge is 0.416 e. The molecule has 12 heteroatoms. The van der Waals surface area contributed by atoms with Crippen LogP contribution in [0.2, 0.25) is 0 Å². The lowest BCUT2D eigenvalue weighted by Gasteiger charge is -2.28. The van der Waals surface area contributed by atoms with Crippen molar-refractivity contribution < 1.29 is 37.0 Å². The molecule has 2 aliphatic heterocycles. The fourth-order valence-electron chi connectivity index (χ4n) is 8.29. The molecule has 274 valence electrons. The Balaban J connectivity index is 1.36. The molecule has 2 fully saturated rings. The van der Waals surface area contributed by atoms with Crippen LogP contribution in [0.4, 0.5) is 17.6 Å². The van der Waals surface area contributed by atoms with E-state index in [1.807, 2.05) is 39.8 Å². The molecule has 3 aromatic rings. The van der Waals surface area contributed by atoms with E-state index in [-0.39, 0.29) is 42.3 Å². The van der Waals surface area contributed by atoms with Crippen molar-refractivity contribution >= 4 is 11.9 Å². The van der Waals surface area contributed by atoms with Crippen molar-refractivity contribution in [3.05, 3.63) is 91.6 Å². The van der Waals surface area contributed by atoms with Gasteiger partial charge in [-0.15, -0.1) is 0 Å². The molecular weight excluding hydrogens is 666 g/mol. The molecule has 4 atom stereocenters. The fourth-order valence-corrected chi connectivity index (χ4v) is 8.29. The zero-order valence-corrected chi connectivity index (χ0v) is 29.4. The van der Waals surface area contributed by atoms with Gasteiger partial charge in [-0.1, -0.05) is 19.9 Å². The van der Waals surface area contributed by atoms with E-state index in [9.17, 15) is 37.1 Å². The minimum Gasteiger partial charge on any atom is -0.481 e. The fraction of sp³-hybridized carbons (Fsp3) is 0.513. The van der Waals surface area contributed by atoms with E-state index in [2.05, 4.69) is 10.2 Å². The van der Waals surface area contributed by atoms with Crippen LogP contribution in [0, 0.1) is 25.6 Å². The van der Waals surface area contributed by atoms with Gasteiger partial charge in [0.15, 0.2) is 0 Å². The molecule has 51 heavy (non-hydrogen) atoms. The predicted octanol–water partition coefficient (Wildman–Crippen LogP) is 6.71. The minimum atomic E-state index is -4.77. The Morgan fingerprint density at radius 1 is 1.08 bits per heavy atom. The van der Waals surface area contributed by atoms with Gasteiger partial charge in [-0.3, -0.25) is 19.3 Å². The molecular formula is C39H45F4N3O5. The number of likely N-dealkylation sites (tertiary alicyclic amines) is 1. The highest BCUT2D eigenvalue weighted by Crippen LogP contribution is 2.39. The quantitative estimate of drug-likeness (QED) is 0.203. The van der Waals surface area contributed by atoms with Crippen LogP contribution in [0.3, 0.4) is 0 Å². The van der Waals surface area contributed by atoms with Crippen molar-refractivity contribution in [2.45, 2.75) is 103 Å². The summed E-state index contributed by atoms with van der Waals surface area (Å²) in [6.07, 6.45) is -0.531. The lowest BCUT2D eigenvalue weighted by molar-refractivity contribution is -0.139. The van der Waals surface area contributed by atoms with E-state index in [1.54, 1.807) is 0 Å². The van der Waals surface area contributed by atoms with Crippen LogP contribution in [0.15, 0.2) is 41.3 Å². The summed E-state index contributed by atoms with van der Waals surface area (Å²) in [7, 11) is 0. The monoisotopic (exact) mass is 711 g/mol. The molecule has 2 aromatic carbocycles. The molecule has 3 heterocycles. The molecule has 1 aromatic heterocycles. The number of aryl methyl sites for hydroxylation is 3. The van der Waals surface area contributed by atoms with Crippen molar-refractivity contribution in [3.63, 3.8) is 0 Å². The van der Waals surface area contributed by atoms with Gasteiger partial charge in [-0.05, 0) is 121 Å². The van der Waals surface area contributed by atoms with Gasteiger partial charge in [0, 0.05) is 31.4 Å². The maximum atomic E-state index is 14.3. The Kier molecular flexibility index (Phi) is 10.5. The highest BCUT2D eigenvalue weighted by molar-refractivity contribution is 5.82. The topological polar surface area (TPSA) is 101 Å². The van der Waals surface area contributed by atoms with Crippen molar-refractivity contribution in [2.24, 2.45) is 5.92 Å². The number of rotatable bonds is 12. The minimum absolute atomic E-state index is 0.0239. The first kappa shape index (κ1) is 36.8. The number of hydrogen-bond donors (Lipinski definition) is 2. The largest absolute Gasteiger partial charge is 0.481 e. The lowest BCUT2D eigenvalue weighted by atomic mass is 9.87. The highest BCUT2D eigenvalue weighted by Gasteiger charge is 2.40. The maximum absolute atomic E-state index is 14.3. The summed E-state index contributed by atoms with van der Waals surface area (Å²) >= 11 is 0. The average Bonchev–Trinajstić information content (AvgIpc) is 3.79. The Bertz CT molecular complexity index is 1860. The number of carbonyl (C=O) groups excluding carboxylic acids is 1. The first-order chi connectivity index (χ1) is 24.1. The molecule has 2 saturated heterocycles. The summed E-state index contributed by atoms with van der Waals surface area (Å²) in [6.45, 7) is 8.86. The summed E-state index contributed by atoms with van der Waals surface area (Å²) in [4.78, 5) is 42.0. The summed E-state index contributed by atoms with van der Waals surface area (Å²) < 4.78 is 63.7. The molecule has 2 N–H and O–H groups in total. The SMILES string of the molecule is Cc1cc(F)cc(C)c1-c1cc([C@@H](CC(=O)O)NC(=O)[C@H](CC(C)C)n2cc(CCN3C[C@H]4C[C@@H]3CO4)c(C(F)(F)F)cc2=O)cc2c1CCC2. The van der Waals surface area contributed by atoms with E-state index in [1.165, 1.54) is 18.3 Å². The van der Waals surface area contributed by atoms with E-state index in [0.717, 1.165) is 63.6 Å². The average molecular weight is 712 g/mol. The molecule has 0 spiro atoms. The molecule has 6 rings (SSSR count). The first-order valence-electron chi connectivity index (χ1n) is 17.7. The van der Waals surface area contributed by atoms with Gasteiger partial charge in [-0.2, -0.15) is 13.2 Å². The Morgan fingerprint density at radius 3 is 2.41 bits per heavy atom. The number of halogens is 4. The van der Waals surface area contributed by atoms with Gasteiger partial charge in [0.05, 0.1) is 30.7 Å². The number of alkyl halides is 3. The Labute approximate surface area is 294 Å². The molecule has 0 unspecified atom stereocenters. The summed E-state index contributed by atoms with van der Waals surface area (Å²) in [5.74, 6) is -2.31. The number of aromatic nitrogens is 1. The molecule has 8 nitrogen and oxygen atoms in total. The molecule has 3 aliphatic rings. The van der Waals surface area contributed by atoms with Crippen molar-refractivity contribution in [1.29, 1.82) is 0 Å². The van der Waals surface area contributed by atoms with Gasteiger partial charge in [0.2, 0.25) is 5.91 Å². The van der Waals surface area contributed by atoms with E-state index in [4.69, 9.17) is 4.74 Å². The van der Waals surface area contributed by atoms with E-state index < -0.39 is 47.7 Å². The van der Waals surface area contributed by atoms with Gasteiger partial charge >= 0.3 is 12.1 Å². The Morgan fingerprint density at radius 2 is 1.80 bits per heavy atom. The number of ether oxygens (including phenoxy) is 1. The van der Waals surface area contributed by atoms with Crippen LogP contribution in [0.25, 0.3) is 11.1 Å². The number of carboxylic acids is 1. The van der Waals surface area contributed by atoms with Crippen LogP contribution in [0.1, 0.15) is 90.6 Å². The first-order valence-corrected chi connectivity index (χ1v) is 17.7. The van der Waals surface area contributed by atoms with Crippen LogP contribution >= 0.6 is 0 Å². The molecule has 0 radical (unpaired) electrons. The van der Waals surface area contributed by atoms with Crippen molar-refractivity contribution in [2.75, 3.05) is 19.7 Å². The number of fused-ring (bicyclic) bond motifs is 3. The number of hydrogen-bond acceptors (Lipinski definition) is 5. The zero-order chi connectivity index (χ0) is 36.8. The summed E-state index contributed by atoms with van der Waals surface area (Å²) in [5, 5.41) is 12.8. The third-order valence-electron chi connectivity index (χ3n) is 10.6. The summed E-state index contributed by atoms with van der Waals surface area (Å²) in [5.41, 5.74) is 3.80. The normalized spacial score (nSPS) is 19.8. The van der Waals surface area contributed by atoms with Crippen molar-refractivity contribution in [1.82, 2.24) is 14.8 Å². The molecule has 2 bridgehead atoms. The number of benzene rings is 2. The molecule has 1 amide bonds. The van der Waals surface area contributed by atoms with Gasteiger partial charge in [0.25, 0.3) is 5.56 Å². The second-order valence-corrected chi connectivity index (χ2v) is 14.8. The van der Waals surface area contributed by atoms with Crippen LogP contribution in [-0.2, 0) is 39.8 Å². The number of pyridine rings is 1. The van der Waals surface area contributed by atoms with Crippen LogP contribution < -0.4 is 10.9 Å². The molecule has 1 aliphatic carbocycles. The number of nitrogens with one attached hydrogen (secondary N) is 1. The number of amides is 1. The van der Waals surface area contributed by atoms with Gasteiger partial charge < -0.3 is 19.7 Å². The Hall–Kier alpha value is -4.03. The highest BCUT2D eigenvalue weighted by atomic mass is 19.4. The number of carboxylic acid groups (broad SMARTS) is 1. The number of nitrogens with zero attached hydrogens (tertiary/aromatic N) is 2. The van der Waals surface area contributed by atoms with Crippen molar-refractivity contribution in [3.8, 4) is 11.1 Å². The van der Waals surface area contributed by atoms with Gasteiger partial charge in [-0.25, -0.2) is 4.39 Å². The number of carbonyl (C=O) groups is 2. The zero-order valence-electron chi connectivity index (χ0n) is 29.4. The second-order valence-electron chi connectivity index (χ2n) is 14.8. The molecule has 0 saturated carbocycles. The maximum Gasteiger partial charge on any atom is 0.416 e. The predicted molar refractivity (Wildman–Crippen MR) is 184 cm³/mol. The summed E-state index contributed by atoms with van der Waals surface area (Å²) in [6, 6.07) is 5.21. The lowest BCUT2D eigenvalue weighted by Crippen LogP contribution is -2.41. The number of morpholine rings is 1. The number of aliphatic carboxylic acids is 1. The third kappa shape index (κ3) is 7.91. The van der Waals surface area contributed by atoms with Gasteiger partial charge in [0.1, 0.15) is 11.9 Å². The second kappa shape index (κ2) is 14.5.